The van der Waals surface area contributed by atoms with Gasteiger partial charge in [0.2, 0.25) is 0 Å². The SMILES string of the molecule is COC(=O)c1cccc(Cl)c1CC(=O)O. The number of esters is 1. The van der Waals surface area contributed by atoms with Gasteiger partial charge in [0.25, 0.3) is 0 Å². The van der Waals surface area contributed by atoms with Gasteiger partial charge in [0.05, 0.1) is 19.1 Å². The van der Waals surface area contributed by atoms with Crippen LogP contribution < -0.4 is 0 Å². The van der Waals surface area contributed by atoms with Crippen LogP contribution >= 0.6 is 11.6 Å². The van der Waals surface area contributed by atoms with Crippen LogP contribution in [0.15, 0.2) is 18.2 Å². The zero-order chi connectivity index (χ0) is 11.4. The van der Waals surface area contributed by atoms with E-state index in [-0.39, 0.29) is 22.6 Å². The number of rotatable bonds is 3. The van der Waals surface area contributed by atoms with Gasteiger partial charge in [-0.15, -0.1) is 0 Å². The summed E-state index contributed by atoms with van der Waals surface area (Å²) in [6.45, 7) is 0. The molecular weight excluding hydrogens is 220 g/mol. The molecule has 1 rings (SSSR count). The van der Waals surface area contributed by atoms with Crippen LogP contribution in [-0.2, 0) is 16.0 Å². The Hall–Kier alpha value is -1.55. The first-order valence-corrected chi connectivity index (χ1v) is 4.51. The quantitative estimate of drug-likeness (QED) is 0.801. The Morgan fingerprint density at radius 1 is 1.47 bits per heavy atom. The molecule has 1 aromatic carbocycles. The predicted octanol–water partition coefficient (Wildman–Crippen LogP) is 1.75. The summed E-state index contributed by atoms with van der Waals surface area (Å²) < 4.78 is 4.52. The summed E-state index contributed by atoms with van der Waals surface area (Å²) in [5, 5.41) is 8.91. The van der Waals surface area contributed by atoms with Crippen LogP contribution in [0.2, 0.25) is 5.02 Å². The molecule has 0 radical (unpaired) electrons. The van der Waals surface area contributed by atoms with Gasteiger partial charge in [-0.1, -0.05) is 17.7 Å². The van der Waals surface area contributed by atoms with Crippen molar-refractivity contribution in [2.24, 2.45) is 0 Å². The van der Waals surface area contributed by atoms with E-state index in [4.69, 9.17) is 16.7 Å². The molecule has 0 fully saturated rings. The number of ether oxygens (including phenoxy) is 1. The third-order valence-electron chi connectivity index (χ3n) is 1.85. The van der Waals surface area contributed by atoms with Crippen molar-refractivity contribution in [3.63, 3.8) is 0 Å². The molecule has 0 spiro atoms. The van der Waals surface area contributed by atoms with Gasteiger partial charge < -0.3 is 9.84 Å². The molecule has 0 atom stereocenters. The molecule has 1 aromatic rings. The minimum Gasteiger partial charge on any atom is -0.481 e. The van der Waals surface area contributed by atoms with Gasteiger partial charge in [-0.25, -0.2) is 4.79 Å². The lowest BCUT2D eigenvalue weighted by Crippen LogP contribution is -2.10. The van der Waals surface area contributed by atoms with Crippen molar-refractivity contribution in [3.05, 3.63) is 34.3 Å². The number of halogens is 1. The van der Waals surface area contributed by atoms with Crippen LogP contribution in [0.4, 0.5) is 0 Å². The topological polar surface area (TPSA) is 63.6 Å². The fourth-order valence-corrected chi connectivity index (χ4v) is 1.43. The molecule has 0 heterocycles. The number of carbonyl (C=O) groups excluding carboxylic acids is 1. The van der Waals surface area contributed by atoms with Crippen molar-refractivity contribution in [1.29, 1.82) is 0 Å². The largest absolute Gasteiger partial charge is 0.481 e. The number of carboxylic acid groups (broad SMARTS) is 1. The van der Waals surface area contributed by atoms with Crippen LogP contribution in [0.5, 0.6) is 0 Å². The summed E-state index contributed by atoms with van der Waals surface area (Å²) in [5.41, 5.74) is 0.464. The van der Waals surface area contributed by atoms with Crippen molar-refractivity contribution in [2.45, 2.75) is 6.42 Å². The lowest BCUT2D eigenvalue weighted by atomic mass is 10.0. The number of aliphatic carboxylic acids is 1. The summed E-state index contributed by atoms with van der Waals surface area (Å²) in [4.78, 5) is 21.9. The van der Waals surface area contributed by atoms with E-state index < -0.39 is 11.9 Å². The Morgan fingerprint density at radius 3 is 2.67 bits per heavy atom. The third kappa shape index (κ3) is 2.70. The number of carboxylic acids is 1. The Balaban J connectivity index is 3.19. The molecule has 1 N–H and O–H groups in total. The minimum atomic E-state index is -1.05. The van der Waals surface area contributed by atoms with Crippen LogP contribution in [0.1, 0.15) is 15.9 Å². The van der Waals surface area contributed by atoms with Gasteiger partial charge in [-0.2, -0.15) is 0 Å². The molecule has 0 aliphatic carbocycles. The van der Waals surface area contributed by atoms with Gasteiger partial charge >= 0.3 is 11.9 Å². The monoisotopic (exact) mass is 228 g/mol. The number of methoxy groups -OCH3 is 1. The van der Waals surface area contributed by atoms with E-state index in [1.54, 1.807) is 6.07 Å². The molecule has 0 bridgehead atoms. The van der Waals surface area contributed by atoms with E-state index in [1.807, 2.05) is 0 Å². The highest BCUT2D eigenvalue weighted by atomic mass is 35.5. The summed E-state index contributed by atoms with van der Waals surface area (Å²) >= 11 is 5.80. The lowest BCUT2D eigenvalue weighted by molar-refractivity contribution is -0.136. The van der Waals surface area contributed by atoms with E-state index in [0.717, 1.165) is 0 Å². The first-order chi connectivity index (χ1) is 7.06. The molecule has 0 saturated carbocycles. The smallest absolute Gasteiger partial charge is 0.338 e. The first-order valence-electron chi connectivity index (χ1n) is 4.13. The number of hydrogen-bond donors (Lipinski definition) is 1. The molecule has 0 aromatic heterocycles. The van der Waals surface area contributed by atoms with E-state index in [9.17, 15) is 9.59 Å². The maximum absolute atomic E-state index is 11.3. The predicted molar refractivity (Wildman–Crippen MR) is 54.1 cm³/mol. The summed E-state index contributed by atoms with van der Waals surface area (Å²) in [7, 11) is 1.23. The summed E-state index contributed by atoms with van der Waals surface area (Å²) in [6.07, 6.45) is -0.301. The lowest BCUT2D eigenvalue weighted by Gasteiger charge is -2.07. The van der Waals surface area contributed by atoms with E-state index in [1.165, 1.54) is 19.2 Å². The molecule has 0 saturated heterocycles. The molecule has 0 aliphatic rings. The molecule has 0 unspecified atom stereocenters. The average Bonchev–Trinajstić information content (AvgIpc) is 2.19. The standard InChI is InChI=1S/C10H9ClO4/c1-15-10(14)6-3-2-4-8(11)7(6)5-9(12)13/h2-4H,5H2,1H3,(H,12,13). The molecule has 0 aliphatic heterocycles. The van der Waals surface area contributed by atoms with Crippen molar-refractivity contribution in [3.8, 4) is 0 Å². The molecule has 0 amide bonds. The van der Waals surface area contributed by atoms with Crippen molar-refractivity contribution >= 4 is 23.5 Å². The van der Waals surface area contributed by atoms with E-state index in [2.05, 4.69) is 4.74 Å². The highest BCUT2D eigenvalue weighted by Crippen LogP contribution is 2.21. The summed E-state index contributed by atoms with van der Waals surface area (Å²) in [6, 6.07) is 4.59. The first kappa shape index (κ1) is 11.5. The highest BCUT2D eigenvalue weighted by molar-refractivity contribution is 6.32. The third-order valence-corrected chi connectivity index (χ3v) is 2.21. The number of carbonyl (C=O) groups is 2. The van der Waals surface area contributed by atoms with Crippen LogP contribution in [-0.4, -0.2) is 24.2 Å². The Labute approximate surface area is 91.4 Å². The van der Waals surface area contributed by atoms with Gasteiger partial charge in [-0.05, 0) is 17.7 Å². The maximum Gasteiger partial charge on any atom is 0.338 e. The molecule has 15 heavy (non-hydrogen) atoms. The number of hydrogen-bond acceptors (Lipinski definition) is 3. The van der Waals surface area contributed by atoms with Crippen LogP contribution in [0, 0.1) is 0 Å². The normalized spacial score (nSPS) is 9.73. The minimum absolute atomic E-state index is 0.187. The van der Waals surface area contributed by atoms with Crippen molar-refractivity contribution in [2.75, 3.05) is 7.11 Å². The molecule has 80 valence electrons. The second-order valence-corrected chi connectivity index (χ2v) is 3.24. The number of benzene rings is 1. The van der Waals surface area contributed by atoms with Crippen LogP contribution in [0.3, 0.4) is 0 Å². The van der Waals surface area contributed by atoms with Gasteiger partial charge in [0.15, 0.2) is 0 Å². The average molecular weight is 229 g/mol. The highest BCUT2D eigenvalue weighted by Gasteiger charge is 2.16. The van der Waals surface area contributed by atoms with E-state index >= 15 is 0 Å². The Kier molecular flexibility index (Phi) is 3.68. The van der Waals surface area contributed by atoms with Gasteiger partial charge in [0.1, 0.15) is 0 Å². The van der Waals surface area contributed by atoms with Gasteiger partial charge in [-0.3, -0.25) is 4.79 Å². The molecular formula is C10H9ClO4. The second-order valence-electron chi connectivity index (χ2n) is 2.83. The molecule has 5 heteroatoms. The van der Waals surface area contributed by atoms with Crippen LogP contribution in [0.25, 0.3) is 0 Å². The maximum atomic E-state index is 11.3. The zero-order valence-electron chi connectivity index (χ0n) is 7.99. The van der Waals surface area contributed by atoms with Gasteiger partial charge in [0, 0.05) is 5.02 Å². The Morgan fingerprint density at radius 2 is 2.13 bits per heavy atom. The summed E-state index contributed by atoms with van der Waals surface area (Å²) in [5.74, 6) is -1.64. The van der Waals surface area contributed by atoms with Crippen molar-refractivity contribution < 1.29 is 19.4 Å². The van der Waals surface area contributed by atoms with Crippen molar-refractivity contribution in [1.82, 2.24) is 0 Å². The van der Waals surface area contributed by atoms with E-state index in [0.29, 0.717) is 0 Å². The molecule has 4 nitrogen and oxygen atoms in total. The Bertz CT molecular complexity index is 400. The second kappa shape index (κ2) is 4.79. The fraction of sp³-hybridized carbons (Fsp3) is 0.200. The fourth-order valence-electron chi connectivity index (χ4n) is 1.19. The zero-order valence-corrected chi connectivity index (χ0v) is 8.75.